The molecule has 2 saturated carbocycles. The van der Waals surface area contributed by atoms with E-state index in [1.807, 2.05) is 19.1 Å². The van der Waals surface area contributed by atoms with Crippen LogP contribution < -0.4 is 4.74 Å². The predicted molar refractivity (Wildman–Crippen MR) is 134 cm³/mol. The predicted octanol–water partition coefficient (Wildman–Crippen LogP) is 9.34. The molecule has 0 heterocycles. The van der Waals surface area contributed by atoms with Crippen molar-refractivity contribution < 1.29 is 13.5 Å². The number of fused-ring (bicyclic) bond motifs is 2. The van der Waals surface area contributed by atoms with Gasteiger partial charge in [0.25, 0.3) is 0 Å². The molecule has 1 nitrogen and oxygen atoms in total. The summed E-state index contributed by atoms with van der Waals surface area (Å²) in [5.41, 5.74) is 1.24. The van der Waals surface area contributed by atoms with Gasteiger partial charge in [-0.05, 0) is 79.7 Å². The summed E-state index contributed by atoms with van der Waals surface area (Å²) in [5.74, 6) is 1.66. The molecule has 0 amide bonds. The standard InChI is InChI=1S/C30H40F2O/c1-3-5-7-8-9-21-10-11-23-18-24(13-12-22(23)17-21)25-14-15-27-26(19-25)20-28(31)30(29(27)32)33-16-6-4-2/h4,6,14-15,19-24H,3,5,7-13,16-18H2,1-2H3/b6-4+. The zero-order valence-corrected chi connectivity index (χ0v) is 20.4. The van der Waals surface area contributed by atoms with Crippen molar-refractivity contribution >= 4 is 10.8 Å². The second kappa shape index (κ2) is 11.5. The van der Waals surface area contributed by atoms with Gasteiger partial charge in [0, 0.05) is 5.39 Å². The molecule has 4 atom stereocenters. The zero-order valence-electron chi connectivity index (χ0n) is 20.4. The van der Waals surface area contributed by atoms with Crippen LogP contribution in [0.2, 0.25) is 0 Å². The average Bonchev–Trinajstić information content (AvgIpc) is 2.83. The first-order chi connectivity index (χ1) is 16.1. The number of halogens is 2. The molecule has 0 saturated heterocycles. The summed E-state index contributed by atoms with van der Waals surface area (Å²) in [6, 6.07) is 7.33. The summed E-state index contributed by atoms with van der Waals surface area (Å²) >= 11 is 0. The van der Waals surface area contributed by atoms with Crippen LogP contribution in [-0.4, -0.2) is 6.61 Å². The fourth-order valence-electron chi connectivity index (χ4n) is 6.35. The van der Waals surface area contributed by atoms with Crippen molar-refractivity contribution in [1.29, 1.82) is 0 Å². The van der Waals surface area contributed by atoms with E-state index in [0.717, 1.165) is 17.8 Å². The first-order valence-electron chi connectivity index (χ1n) is 13.3. The fraction of sp³-hybridized carbons (Fsp3) is 0.600. The molecule has 2 aromatic rings. The number of ether oxygens (including phenoxy) is 1. The van der Waals surface area contributed by atoms with Gasteiger partial charge in [-0.3, -0.25) is 0 Å². The van der Waals surface area contributed by atoms with E-state index in [0.29, 0.717) is 16.7 Å². The number of hydrogen-bond donors (Lipinski definition) is 0. The minimum Gasteiger partial charge on any atom is -0.483 e. The molecule has 4 rings (SSSR count). The maximum Gasteiger partial charge on any atom is 0.191 e. The molecule has 3 heteroatoms. The number of allylic oxidation sites excluding steroid dienone is 1. The topological polar surface area (TPSA) is 9.23 Å². The smallest absolute Gasteiger partial charge is 0.191 e. The minimum atomic E-state index is -0.623. The number of hydrogen-bond acceptors (Lipinski definition) is 1. The van der Waals surface area contributed by atoms with Crippen molar-refractivity contribution in [2.24, 2.45) is 17.8 Å². The van der Waals surface area contributed by atoms with Crippen molar-refractivity contribution in [1.82, 2.24) is 0 Å². The Hall–Kier alpha value is -1.90. The molecule has 2 fully saturated rings. The molecular weight excluding hydrogens is 414 g/mol. The summed E-state index contributed by atoms with van der Waals surface area (Å²) in [6.07, 6.45) is 18.4. The Kier molecular flexibility index (Phi) is 8.44. The Morgan fingerprint density at radius 2 is 1.79 bits per heavy atom. The quantitative estimate of drug-likeness (QED) is 0.271. The number of unbranched alkanes of at least 4 members (excludes halogenated alkanes) is 3. The maximum absolute atomic E-state index is 14.9. The monoisotopic (exact) mass is 454 g/mol. The number of benzene rings is 2. The van der Waals surface area contributed by atoms with E-state index < -0.39 is 11.6 Å². The Morgan fingerprint density at radius 3 is 2.61 bits per heavy atom. The summed E-state index contributed by atoms with van der Waals surface area (Å²) in [5, 5.41) is 1.08. The van der Waals surface area contributed by atoms with Crippen LogP contribution in [-0.2, 0) is 0 Å². The third kappa shape index (κ3) is 5.78. The van der Waals surface area contributed by atoms with Crippen LogP contribution in [0.4, 0.5) is 8.78 Å². The summed E-state index contributed by atoms with van der Waals surface area (Å²) < 4.78 is 34.8. The van der Waals surface area contributed by atoms with E-state index in [1.165, 1.54) is 82.3 Å². The van der Waals surface area contributed by atoms with Crippen LogP contribution in [0.25, 0.3) is 10.8 Å². The molecule has 33 heavy (non-hydrogen) atoms. The molecule has 0 aliphatic heterocycles. The first-order valence-corrected chi connectivity index (χ1v) is 13.3. The first kappa shape index (κ1) is 24.2. The highest BCUT2D eigenvalue weighted by molar-refractivity contribution is 5.85. The van der Waals surface area contributed by atoms with Gasteiger partial charge in [-0.1, -0.05) is 75.8 Å². The van der Waals surface area contributed by atoms with Crippen molar-refractivity contribution in [3.63, 3.8) is 0 Å². The molecule has 2 aliphatic carbocycles. The Labute approximate surface area is 198 Å². The largest absolute Gasteiger partial charge is 0.483 e. The molecule has 4 unspecified atom stereocenters. The van der Waals surface area contributed by atoms with E-state index >= 15 is 0 Å². The Bertz CT molecular complexity index is 950. The summed E-state index contributed by atoms with van der Waals surface area (Å²) in [7, 11) is 0. The van der Waals surface area contributed by atoms with Crippen molar-refractivity contribution in [2.45, 2.75) is 90.4 Å². The highest BCUT2D eigenvalue weighted by Gasteiger charge is 2.35. The highest BCUT2D eigenvalue weighted by Crippen LogP contribution is 2.48. The lowest BCUT2D eigenvalue weighted by Gasteiger charge is -2.42. The van der Waals surface area contributed by atoms with E-state index in [-0.39, 0.29) is 12.4 Å². The van der Waals surface area contributed by atoms with Gasteiger partial charge in [0.1, 0.15) is 6.61 Å². The fourth-order valence-corrected chi connectivity index (χ4v) is 6.35. The minimum absolute atomic E-state index is 0.165. The Balaban J connectivity index is 1.40. The van der Waals surface area contributed by atoms with Crippen LogP contribution in [0.15, 0.2) is 36.4 Å². The maximum atomic E-state index is 14.9. The molecule has 0 radical (unpaired) electrons. The van der Waals surface area contributed by atoms with E-state index in [1.54, 1.807) is 12.2 Å². The van der Waals surface area contributed by atoms with Gasteiger partial charge in [-0.25, -0.2) is 8.78 Å². The zero-order chi connectivity index (χ0) is 23.2. The average molecular weight is 455 g/mol. The molecule has 2 aliphatic rings. The highest BCUT2D eigenvalue weighted by atomic mass is 19.1. The lowest BCUT2D eigenvalue weighted by Crippen LogP contribution is -2.30. The lowest BCUT2D eigenvalue weighted by atomic mass is 9.63. The summed E-state index contributed by atoms with van der Waals surface area (Å²) in [4.78, 5) is 0. The van der Waals surface area contributed by atoms with Gasteiger partial charge < -0.3 is 4.74 Å². The van der Waals surface area contributed by atoms with Crippen LogP contribution in [0.5, 0.6) is 5.75 Å². The van der Waals surface area contributed by atoms with Crippen LogP contribution in [0, 0.1) is 29.4 Å². The molecule has 2 aromatic carbocycles. The SMILES string of the molecule is C/C=C/COc1c(F)cc2cc(C3CCC4CC(CCCCCC)CCC4C3)ccc2c1F. The third-order valence-corrected chi connectivity index (χ3v) is 8.23. The van der Waals surface area contributed by atoms with Crippen LogP contribution >= 0.6 is 0 Å². The van der Waals surface area contributed by atoms with Gasteiger partial charge in [0.05, 0.1) is 0 Å². The Morgan fingerprint density at radius 1 is 0.970 bits per heavy atom. The van der Waals surface area contributed by atoms with Crippen molar-refractivity contribution in [2.75, 3.05) is 6.61 Å². The van der Waals surface area contributed by atoms with E-state index in [2.05, 4.69) is 13.0 Å². The summed E-state index contributed by atoms with van der Waals surface area (Å²) in [6.45, 7) is 4.30. The van der Waals surface area contributed by atoms with E-state index in [4.69, 9.17) is 4.74 Å². The van der Waals surface area contributed by atoms with Crippen molar-refractivity contribution in [3.05, 3.63) is 53.6 Å². The second-order valence-electron chi connectivity index (χ2n) is 10.4. The van der Waals surface area contributed by atoms with Crippen molar-refractivity contribution in [3.8, 4) is 5.75 Å². The lowest BCUT2D eigenvalue weighted by molar-refractivity contribution is 0.113. The number of rotatable bonds is 9. The van der Waals surface area contributed by atoms with Gasteiger partial charge in [-0.15, -0.1) is 0 Å². The molecule has 0 spiro atoms. The van der Waals surface area contributed by atoms with Gasteiger partial charge in [0.2, 0.25) is 0 Å². The molecule has 0 aromatic heterocycles. The molecule has 0 bridgehead atoms. The molecule has 0 N–H and O–H groups in total. The van der Waals surface area contributed by atoms with E-state index in [9.17, 15) is 8.78 Å². The van der Waals surface area contributed by atoms with Gasteiger partial charge in [0.15, 0.2) is 17.4 Å². The van der Waals surface area contributed by atoms with Crippen LogP contribution in [0.1, 0.15) is 96.0 Å². The molecule has 180 valence electrons. The molecular formula is C30H40F2O. The second-order valence-corrected chi connectivity index (χ2v) is 10.4. The van der Waals surface area contributed by atoms with Gasteiger partial charge >= 0.3 is 0 Å². The van der Waals surface area contributed by atoms with Crippen LogP contribution in [0.3, 0.4) is 0 Å². The normalized spacial score (nSPS) is 25.5. The third-order valence-electron chi connectivity index (χ3n) is 8.23. The van der Waals surface area contributed by atoms with Gasteiger partial charge in [-0.2, -0.15) is 0 Å².